The second-order valence-electron chi connectivity index (χ2n) is 6.80. The first-order chi connectivity index (χ1) is 11.2. The van der Waals surface area contributed by atoms with E-state index in [1.54, 1.807) is 0 Å². The van der Waals surface area contributed by atoms with Gasteiger partial charge in [-0.3, -0.25) is 0 Å². The van der Waals surface area contributed by atoms with E-state index in [9.17, 15) is 0 Å². The molecule has 2 aromatic heterocycles. The van der Waals surface area contributed by atoms with Crippen LogP contribution in [0.5, 0.6) is 0 Å². The number of hydrogen-bond acceptors (Lipinski definition) is 3. The predicted molar refractivity (Wildman–Crippen MR) is 89.9 cm³/mol. The molecule has 0 saturated heterocycles. The second-order valence-corrected chi connectivity index (χ2v) is 7.15. The lowest BCUT2D eigenvalue weighted by Gasteiger charge is -2.38. The third-order valence-corrected chi connectivity index (χ3v) is 5.68. The lowest BCUT2D eigenvalue weighted by molar-refractivity contribution is 0.358. The number of hydrogen-bond donors (Lipinski definition) is 0. The molecule has 1 aromatic carbocycles. The fraction of sp³-hybridized carbons (Fsp3) is 0.389. The third kappa shape index (κ3) is 1.88. The van der Waals surface area contributed by atoms with E-state index in [4.69, 9.17) is 11.6 Å². The Labute approximate surface area is 139 Å². The summed E-state index contributed by atoms with van der Waals surface area (Å²) in [7, 11) is 0. The van der Waals surface area contributed by atoms with Crippen LogP contribution in [-0.2, 0) is 0 Å². The minimum atomic E-state index is 0.555. The molecule has 1 saturated carbocycles. The quantitative estimate of drug-likeness (QED) is 0.661. The summed E-state index contributed by atoms with van der Waals surface area (Å²) in [6.45, 7) is 2.08. The molecule has 0 unspecified atom stereocenters. The van der Waals surface area contributed by atoms with Crippen molar-refractivity contribution in [2.75, 3.05) is 0 Å². The van der Waals surface area contributed by atoms with E-state index < -0.39 is 0 Å². The molecule has 6 rings (SSSR count). The van der Waals surface area contributed by atoms with Gasteiger partial charge in [0.05, 0.1) is 0 Å². The average Bonchev–Trinajstić information content (AvgIpc) is 2.99. The van der Waals surface area contributed by atoms with Gasteiger partial charge in [-0.05, 0) is 50.5 Å². The van der Waals surface area contributed by atoms with E-state index in [2.05, 4.69) is 34.4 Å². The minimum absolute atomic E-state index is 0.555. The minimum Gasteiger partial charge on any atom is -0.191 e. The van der Waals surface area contributed by atoms with Gasteiger partial charge >= 0.3 is 0 Å². The van der Waals surface area contributed by atoms with Crippen molar-refractivity contribution in [3.8, 4) is 11.4 Å². The summed E-state index contributed by atoms with van der Waals surface area (Å²) < 4.78 is 1.84. The van der Waals surface area contributed by atoms with E-state index in [0.29, 0.717) is 17.0 Å². The summed E-state index contributed by atoms with van der Waals surface area (Å²) in [6, 6.07) is 8.27. The maximum atomic E-state index is 6.58. The van der Waals surface area contributed by atoms with E-state index >= 15 is 0 Å². The van der Waals surface area contributed by atoms with Crippen LogP contribution in [-0.4, -0.2) is 19.8 Å². The number of halogens is 1. The summed E-state index contributed by atoms with van der Waals surface area (Å²) >= 11 is 6.58. The standard InChI is InChI=1S/C18H17ClN4/c1-10-3-2-4-13(9-10)17-20-21-18-15-12-7-5-11(6-8-12)14(15)16(19)22-23(17)18/h2-4,9,11-12H,5-8H2,1H3. The van der Waals surface area contributed by atoms with Crippen LogP contribution in [0.4, 0.5) is 0 Å². The van der Waals surface area contributed by atoms with Crippen molar-refractivity contribution in [2.45, 2.75) is 44.4 Å². The first kappa shape index (κ1) is 13.5. The van der Waals surface area contributed by atoms with Crippen molar-refractivity contribution < 1.29 is 0 Å². The molecule has 23 heavy (non-hydrogen) atoms. The van der Waals surface area contributed by atoms with Gasteiger partial charge in [0.2, 0.25) is 0 Å². The summed E-state index contributed by atoms with van der Waals surface area (Å²) in [5.41, 5.74) is 5.67. The molecule has 5 heteroatoms. The van der Waals surface area contributed by atoms with E-state index in [1.807, 2.05) is 16.6 Å². The summed E-state index contributed by atoms with van der Waals surface area (Å²) in [4.78, 5) is 0. The Bertz CT molecular complexity index is 922. The second kappa shape index (κ2) is 4.78. The summed E-state index contributed by atoms with van der Waals surface area (Å²) in [6.07, 6.45) is 4.93. The van der Waals surface area contributed by atoms with Crippen molar-refractivity contribution in [2.24, 2.45) is 0 Å². The Kier molecular flexibility index (Phi) is 2.80. The number of rotatable bonds is 1. The number of nitrogens with zero attached hydrogens (tertiary/aromatic N) is 4. The van der Waals surface area contributed by atoms with E-state index in [-0.39, 0.29) is 0 Å². The lowest BCUT2D eigenvalue weighted by atomic mass is 9.68. The highest BCUT2D eigenvalue weighted by atomic mass is 35.5. The first-order valence-electron chi connectivity index (χ1n) is 8.24. The highest BCUT2D eigenvalue weighted by Crippen LogP contribution is 2.52. The first-order valence-corrected chi connectivity index (χ1v) is 8.62. The molecule has 0 N–H and O–H groups in total. The van der Waals surface area contributed by atoms with Gasteiger partial charge in [0.1, 0.15) is 0 Å². The van der Waals surface area contributed by atoms with E-state index in [0.717, 1.165) is 17.0 Å². The largest absolute Gasteiger partial charge is 0.191 e. The zero-order valence-corrected chi connectivity index (χ0v) is 13.7. The fourth-order valence-corrected chi connectivity index (χ4v) is 4.67. The zero-order chi connectivity index (χ0) is 15.6. The highest BCUT2D eigenvalue weighted by Gasteiger charge is 2.38. The maximum Gasteiger partial charge on any atom is 0.185 e. The highest BCUT2D eigenvalue weighted by molar-refractivity contribution is 6.30. The normalized spacial score (nSPS) is 22.5. The Morgan fingerprint density at radius 2 is 1.78 bits per heavy atom. The number of fused-ring (bicyclic) bond motifs is 3. The van der Waals surface area contributed by atoms with Crippen LogP contribution in [0.1, 0.15) is 54.2 Å². The topological polar surface area (TPSA) is 43.1 Å². The number of aryl methyl sites for hydroxylation is 1. The van der Waals surface area contributed by atoms with Crippen molar-refractivity contribution in [3.05, 3.63) is 46.1 Å². The molecule has 0 atom stereocenters. The van der Waals surface area contributed by atoms with Crippen LogP contribution >= 0.6 is 11.6 Å². The van der Waals surface area contributed by atoms with Gasteiger partial charge in [-0.2, -0.15) is 9.61 Å². The van der Waals surface area contributed by atoms with E-state index in [1.165, 1.54) is 42.4 Å². The van der Waals surface area contributed by atoms with Crippen LogP contribution < -0.4 is 0 Å². The molecule has 0 aliphatic heterocycles. The molecule has 3 aromatic rings. The number of aromatic nitrogens is 4. The molecule has 0 amide bonds. The van der Waals surface area contributed by atoms with Crippen LogP contribution in [0, 0.1) is 6.92 Å². The summed E-state index contributed by atoms with van der Waals surface area (Å²) in [5.74, 6) is 1.89. The van der Waals surface area contributed by atoms with Crippen molar-refractivity contribution in [3.63, 3.8) is 0 Å². The molecule has 0 radical (unpaired) electrons. The monoisotopic (exact) mass is 324 g/mol. The molecule has 2 heterocycles. The molecular weight excluding hydrogens is 308 g/mol. The summed E-state index contributed by atoms with van der Waals surface area (Å²) in [5, 5.41) is 14.2. The third-order valence-electron chi connectivity index (χ3n) is 5.40. The Hall–Kier alpha value is -1.94. The van der Waals surface area contributed by atoms with Crippen molar-refractivity contribution in [1.29, 1.82) is 0 Å². The van der Waals surface area contributed by atoms with Crippen LogP contribution in [0.3, 0.4) is 0 Å². The molecule has 2 bridgehead atoms. The van der Waals surface area contributed by atoms with Crippen molar-refractivity contribution >= 4 is 17.2 Å². The van der Waals surface area contributed by atoms with Gasteiger partial charge < -0.3 is 0 Å². The van der Waals surface area contributed by atoms with Crippen LogP contribution in [0.2, 0.25) is 5.15 Å². The molecular formula is C18H17ClN4. The van der Waals surface area contributed by atoms with Crippen LogP contribution in [0.15, 0.2) is 24.3 Å². The van der Waals surface area contributed by atoms with Gasteiger partial charge in [-0.25, -0.2) is 0 Å². The molecule has 4 nitrogen and oxygen atoms in total. The van der Waals surface area contributed by atoms with Gasteiger partial charge in [0.15, 0.2) is 16.6 Å². The average molecular weight is 325 g/mol. The van der Waals surface area contributed by atoms with Crippen LogP contribution in [0.25, 0.3) is 17.0 Å². The van der Waals surface area contributed by atoms with Gasteiger partial charge in [-0.15, -0.1) is 10.2 Å². The Balaban J connectivity index is 1.80. The Morgan fingerprint density at radius 1 is 1.04 bits per heavy atom. The van der Waals surface area contributed by atoms with Crippen molar-refractivity contribution in [1.82, 2.24) is 19.8 Å². The molecule has 116 valence electrons. The Morgan fingerprint density at radius 3 is 2.52 bits per heavy atom. The molecule has 1 fully saturated rings. The fourth-order valence-electron chi connectivity index (χ4n) is 4.34. The molecule has 3 aliphatic carbocycles. The molecule has 0 spiro atoms. The SMILES string of the molecule is Cc1cccc(-c2nnc3c4c(c(Cl)nn23)C2CCC4CC2)c1. The lowest BCUT2D eigenvalue weighted by Crippen LogP contribution is -2.24. The molecule has 3 aliphatic rings. The van der Waals surface area contributed by atoms with Gasteiger partial charge in [-0.1, -0.05) is 35.4 Å². The predicted octanol–water partition coefficient (Wildman–Crippen LogP) is 4.51. The maximum absolute atomic E-state index is 6.58. The zero-order valence-electron chi connectivity index (χ0n) is 13.0. The number of benzene rings is 1. The van der Waals surface area contributed by atoms with Gasteiger partial charge in [0.25, 0.3) is 0 Å². The smallest absolute Gasteiger partial charge is 0.185 e. The van der Waals surface area contributed by atoms with Gasteiger partial charge in [0, 0.05) is 16.7 Å².